The number of nitrogens with one attached hydrogen (secondary N) is 1. The molecule has 4 aromatic rings. The first-order valence-electron chi connectivity index (χ1n) is 11.0. The standard InChI is InChI=1S/C26H22N4O6S/c1-15-5-7-20(13-23(15)30(31)32)37(33,34)36-24-8-6-18(12-25(24)35-4)11-19(14-27)26-28-21-9-16(2)17(3)10-22(21)29-26/h5-13H,1-4H3,(H,28,29)/b19-11-. The number of allylic oxidation sites excluding steroid dienone is 1. The molecule has 4 rings (SSSR count). The Morgan fingerprint density at radius 2 is 1.78 bits per heavy atom. The van der Waals surface area contributed by atoms with Gasteiger partial charge in [-0.1, -0.05) is 12.1 Å². The van der Waals surface area contributed by atoms with Crippen molar-refractivity contribution in [3.8, 4) is 17.6 Å². The Kier molecular flexibility index (Phi) is 6.70. The van der Waals surface area contributed by atoms with E-state index in [1.165, 1.54) is 38.3 Å². The molecular weight excluding hydrogens is 496 g/mol. The van der Waals surface area contributed by atoms with E-state index < -0.39 is 15.0 Å². The van der Waals surface area contributed by atoms with Crippen molar-refractivity contribution in [2.75, 3.05) is 7.11 Å². The fraction of sp³-hybridized carbons (Fsp3) is 0.154. The van der Waals surface area contributed by atoms with Crippen LogP contribution in [-0.4, -0.2) is 30.4 Å². The summed E-state index contributed by atoms with van der Waals surface area (Å²) in [4.78, 5) is 17.9. The Morgan fingerprint density at radius 3 is 2.46 bits per heavy atom. The van der Waals surface area contributed by atoms with Gasteiger partial charge in [-0.15, -0.1) is 0 Å². The van der Waals surface area contributed by atoms with E-state index in [2.05, 4.69) is 16.0 Å². The highest BCUT2D eigenvalue weighted by molar-refractivity contribution is 7.87. The summed E-state index contributed by atoms with van der Waals surface area (Å²) in [6.07, 6.45) is 1.58. The van der Waals surface area contributed by atoms with Crippen LogP contribution in [0.2, 0.25) is 0 Å². The number of aromatic nitrogens is 2. The Labute approximate surface area is 213 Å². The number of hydrogen-bond acceptors (Lipinski definition) is 8. The van der Waals surface area contributed by atoms with Gasteiger partial charge in [0, 0.05) is 11.6 Å². The summed E-state index contributed by atoms with van der Waals surface area (Å²) < 4.78 is 36.2. The van der Waals surface area contributed by atoms with Crippen molar-refractivity contribution < 1.29 is 22.3 Å². The third-order valence-electron chi connectivity index (χ3n) is 5.84. The van der Waals surface area contributed by atoms with Gasteiger partial charge in [0.1, 0.15) is 16.8 Å². The van der Waals surface area contributed by atoms with Crippen molar-refractivity contribution >= 4 is 38.5 Å². The van der Waals surface area contributed by atoms with Crippen molar-refractivity contribution in [3.63, 3.8) is 0 Å². The first kappa shape index (κ1) is 25.4. The molecule has 0 aliphatic heterocycles. The lowest BCUT2D eigenvalue weighted by Crippen LogP contribution is -2.11. The number of aromatic amines is 1. The molecule has 0 atom stereocenters. The highest BCUT2D eigenvalue weighted by Crippen LogP contribution is 2.33. The first-order chi connectivity index (χ1) is 17.5. The number of H-pyrrole nitrogens is 1. The van der Waals surface area contributed by atoms with Crippen molar-refractivity contribution in [1.29, 1.82) is 5.26 Å². The number of imidazole rings is 1. The molecule has 0 amide bonds. The average Bonchev–Trinajstić information content (AvgIpc) is 3.25. The Hall–Kier alpha value is -4.69. The van der Waals surface area contributed by atoms with Crippen LogP contribution in [0, 0.1) is 42.2 Å². The lowest BCUT2D eigenvalue weighted by molar-refractivity contribution is -0.385. The minimum Gasteiger partial charge on any atom is -0.493 e. The van der Waals surface area contributed by atoms with Gasteiger partial charge in [0.2, 0.25) is 0 Å². The van der Waals surface area contributed by atoms with Crippen molar-refractivity contribution in [2.24, 2.45) is 0 Å². The Morgan fingerprint density at radius 1 is 1.05 bits per heavy atom. The second-order valence-electron chi connectivity index (χ2n) is 8.36. The van der Waals surface area contributed by atoms with Crippen molar-refractivity contribution in [2.45, 2.75) is 25.7 Å². The normalized spacial score (nSPS) is 11.8. The van der Waals surface area contributed by atoms with Crippen LogP contribution in [0.3, 0.4) is 0 Å². The molecule has 1 heterocycles. The quantitative estimate of drug-likeness (QED) is 0.151. The molecule has 0 bridgehead atoms. The molecule has 10 nitrogen and oxygen atoms in total. The molecule has 0 unspecified atom stereocenters. The number of aryl methyl sites for hydroxylation is 3. The van der Waals surface area contributed by atoms with Gasteiger partial charge in [0.05, 0.1) is 28.6 Å². The van der Waals surface area contributed by atoms with Crippen molar-refractivity contribution in [3.05, 3.63) is 86.7 Å². The predicted octanol–water partition coefficient (Wildman–Crippen LogP) is 5.24. The van der Waals surface area contributed by atoms with Gasteiger partial charge in [-0.2, -0.15) is 13.7 Å². The van der Waals surface area contributed by atoms with E-state index in [4.69, 9.17) is 8.92 Å². The Bertz CT molecular complexity index is 1690. The molecule has 0 aliphatic rings. The van der Waals surface area contributed by atoms with Crippen LogP contribution in [-0.2, 0) is 10.1 Å². The van der Waals surface area contributed by atoms with E-state index in [9.17, 15) is 23.8 Å². The SMILES string of the molecule is COc1cc(/C=C(/C#N)c2nc3cc(C)c(C)cc3[nH]2)ccc1OS(=O)(=O)c1ccc(C)c([N+](=O)[O-])c1. The maximum atomic E-state index is 12.8. The number of nitro benzene ring substituents is 1. The number of nitrogens with zero attached hydrogens (tertiary/aromatic N) is 3. The summed E-state index contributed by atoms with van der Waals surface area (Å²) in [6.45, 7) is 5.49. The zero-order chi connectivity index (χ0) is 26.9. The topological polar surface area (TPSA) is 148 Å². The molecule has 0 aliphatic carbocycles. The second kappa shape index (κ2) is 9.75. The van der Waals surface area contributed by atoms with E-state index in [0.29, 0.717) is 17.0 Å². The van der Waals surface area contributed by atoms with Gasteiger partial charge in [-0.3, -0.25) is 10.1 Å². The van der Waals surface area contributed by atoms with E-state index in [1.807, 2.05) is 26.0 Å². The van der Waals surface area contributed by atoms with Crippen LogP contribution in [0.25, 0.3) is 22.7 Å². The minimum absolute atomic E-state index is 0.0899. The van der Waals surface area contributed by atoms with E-state index in [1.54, 1.807) is 12.1 Å². The molecule has 0 fully saturated rings. The van der Waals surface area contributed by atoms with Crippen molar-refractivity contribution in [1.82, 2.24) is 9.97 Å². The molecule has 37 heavy (non-hydrogen) atoms. The van der Waals surface area contributed by atoms with E-state index in [0.717, 1.165) is 28.2 Å². The molecule has 1 N–H and O–H groups in total. The number of hydrogen-bond donors (Lipinski definition) is 1. The smallest absolute Gasteiger partial charge is 0.339 e. The molecule has 0 spiro atoms. The van der Waals surface area contributed by atoms with Gasteiger partial charge in [-0.25, -0.2) is 4.98 Å². The molecule has 0 saturated heterocycles. The zero-order valence-corrected chi connectivity index (χ0v) is 21.2. The summed E-state index contributed by atoms with van der Waals surface area (Å²) >= 11 is 0. The molecule has 11 heteroatoms. The van der Waals surface area contributed by atoms with Gasteiger partial charge >= 0.3 is 10.1 Å². The number of nitriles is 1. The van der Waals surface area contributed by atoms with Crippen LogP contribution in [0.1, 0.15) is 28.1 Å². The summed E-state index contributed by atoms with van der Waals surface area (Å²) in [5.74, 6) is 0.369. The third-order valence-corrected chi connectivity index (χ3v) is 7.07. The molecule has 1 aromatic heterocycles. The fourth-order valence-corrected chi connectivity index (χ4v) is 4.63. The molecule has 0 radical (unpaired) electrons. The Balaban J connectivity index is 1.67. The number of nitro groups is 1. The maximum absolute atomic E-state index is 12.8. The minimum atomic E-state index is -4.39. The average molecular weight is 519 g/mol. The van der Waals surface area contributed by atoms with Gasteiger partial charge in [-0.05, 0) is 73.9 Å². The summed E-state index contributed by atoms with van der Waals surface area (Å²) in [5, 5.41) is 21.0. The number of rotatable bonds is 7. The summed E-state index contributed by atoms with van der Waals surface area (Å²) in [6, 6.07) is 14.0. The van der Waals surface area contributed by atoms with Crippen LogP contribution >= 0.6 is 0 Å². The number of ether oxygens (including phenoxy) is 1. The lowest BCUT2D eigenvalue weighted by atomic mass is 10.1. The number of benzene rings is 3. The fourth-order valence-electron chi connectivity index (χ4n) is 3.67. The van der Waals surface area contributed by atoms with Gasteiger partial charge in [0.25, 0.3) is 5.69 Å². The van der Waals surface area contributed by atoms with Crippen LogP contribution in [0.5, 0.6) is 11.5 Å². The first-order valence-corrected chi connectivity index (χ1v) is 12.4. The largest absolute Gasteiger partial charge is 0.493 e. The molecule has 188 valence electrons. The second-order valence-corrected chi connectivity index (χ2v) is 9.91. The van der Waals surface area contributed by atoms with Gasteiger partial charge in [0.15, 0.2) is 11.5 Å². The lowest BCUT2D eigenvalue weighted by Gasteiger charge is -2.12. The molecular formula is C26H22N4O6S. The van der Waals surface area contributed by atoms with Crippen LogP contribution < -0.4 is 8.92 Å². The summed E-state index contributed by atoms with van der Waals surface area (Å²) in [5.41, 5.74) is 4.52. The van der Waals surface area contributed by atoms with E-state index in [-0.39, 0.29) is 27.7 Å². The van der Waals surface area contributed by atoms with Gasteiger partial charge < -0.3 is 13.9 Å². The highest BCUT2D eigenvalue weighted by Gasteiger charge is 2.23. The predicted molar refractivity (Wildman–Crippen MR) is 138 cm³/mol. The van der Waals surface area contributed by atoms with Crippen LogP contribution in [0.15, 0.2) is 53.4 Å². The monoisotopic (exact) mass is 518 g/mol. The number of fused-ring (bicyclic) bond motifs is 1. The van der Waals surface area contributed by atoms with E-state index >= 15 is 0 Å². The zero-order valence-electron chi connectivity index (χ0n) is 20.4. The maximum Gasteiger partial charge on any atom is 0.339 e. The molecule has 3 aromatic carbocycles. The molecule has 0 saturated carbocycles. The summed E-state index contributed by atoms with van der Waals surface area (Å²) in [7, 11) is -3.05. The number of methoxy groups -OCH3 is 1. The highest BCUT2D eigenvalue weighted by atomic mass is 32.2. The van der Waals surface area contributed by atoms with Crippen LogP contribution in [0.4, 0.5) is 5.69 Å². The third kappa shape index (κ3) is 5.14.